The van der Waals surface area contributed by atoms with Crippen LogP contribution in [0.4, 0.5) is 4.79 Å². The van der Waals surface area contributed by atoms with Gasteiger partial charge in [0.15, 0.2) is 0 Å². The Kier molecular flexibility index (Phi) is 5.03. The molecule has 0 saturated heterocycles. The summed E-state index contributed by atoms with van der Waals surface area (Å²) in [6.07, 6.45) is 0.667. The SMILES string of the molecule is CC(C)CC1CN(C(=O)O)CCc2cc(C(=N)NO)ccc21. The van der Waals surface area contributed by atoms with Gasteiger partial charge in [-0.3, -0.25) is 16.1 Å². The van der Waals surface area contributed by atoms with Crippen molar-refractivity contribution >= 4 is 11.9 Å². The smallest absolute Gasteiger partial charge is 0.407 e. The summed E-state index contributed by atoms with van der Waals surface area (Å²) in [5.41, 5.74) is 4.68. The van der Waals surface area contributed by atoms with E-state index >= 15 is 0 Å². The minimum Gasteiger partial charge on any atom is -0.465 e. The van der Waals surface area contributed by atoms with Gasteiger partial charge in [0.1, 0.15) is 5.84 Å². The summed E-state index contributed by atoms with van der Waals surface area (Å²) in [5, 5.41) is 25.9. The molecular weight excluding hydrogens is 282 g/mol. The topological polar surface area (TPSA) is 96.7 Å². The minimum atomic E-state index is -0.883. The second kappa shape index (κ2) is 6.79. The van der Waals surface area contributed by atoms with Crippen molar-refractivity contribution in [3.8, 4) is 0 Å². The van der Waals surface area contributed by atoms with E-state index < -0.39 is 6.09 Å². The van der Waals surface area contributed by atoms with Crippen LogP contribution in [0.5, 0.6) is 0 Å². The van der Waals surface area contributed by atoms with Crippen molar-refractivity contribution in [1.82, 2.24) is 10.4 Å². The third kappa shape index (κ3) is 3.57. The fourth-order valence-electron chi connectivity index (χ4n) is 3.10. The molecule has 0 aliphatic carbocycles. The predicted octanol–water partition coefficient (Wildman–Crippen LogP) is 2.66. The number of fused-ring (bicyclic) bond motifs is 1. The molecule has 4 N–H and O–H groups in total. The molecule has 120 valence electrons. The van der Waals surface area contributed by atoms with Gasteiger partial charge in [0.25, 0.3) is 0 Å². The molecule has 1 amide bonds. The highest BCUT2D eigenvalue weighted by Gasteiger charge is 2.26. The molecule has 0 radical (unpaired) electrons. The molecule has 6 nitrogen and oxygen atoms in total. The van der Waals surface area contributed by atoms with Crippen LogP contribution < -0.4 is 5.48 Å². The Bertz CT molecular complexity index is 572. The van der Waals surface area contributed by atoms with E-state index in [0.29, 0.717) is 31.0 Å². The first-order valence-corrected chi connectivity index (χ1v) is 7.52. The fraction of sp³-hybridized carbons (Fsp3) is 0.500. The van der Waals surface area contributed by atoms with E-state index in [1.807, 2.05) is 17.6 Å². The van der Waals surface area contributed by atoms with E-state index in [-0.39, 0.29) is 11.8 Å². The van der Waals surface area contributed by atoms with Crippen LogP contribution >= 0.6 is 0 Å². The van der Waals surface area contributed by atoms with Gasteiger partial charge in [-0.1, -0.05) is 26.0 Å². The molecule has 0 spiro atoms. The van der Waals surface area contributed by atoms with Crippen LogP contribution in [-0.4, -0.2) is 40.2 Å². The molecule has 6 heteroatoms. The van der Waals surface area contributed by atoms with Gasteiger partial charge in [-0.25, -0.2) is 4.79 Å². The Morgan fingerprint density at radius 3 is 2.82 bits per heavy atom. The first-order chi connectivity index (χ1) is 10.4. The van der Waals surface area contributed by atoms with Crippen molar-refractivity contribution in [3.05, 3.63) is 34.9 Å². The van der Waals surface area contributed by atoms with Crippen LogP contribution in [0.1, 0.15) is 42.9 Å². The monoisotopic (exact) mass is 305 g/mol. The number of hydrogen-bond donors (Lipinski definition) is 4. The molecule has 0 bridgehead atoms. The third-order valence-corrected chi connectivity index (χ3v) is 4.10. The Morgan fingerprint density at radius 2 is 2.23 bits per heavy atom. The summed E-state index contributed by atoms with van der Waals surface area (Å²) in [6, 6.07) is 5.64. The summed E-state index contributed by atoms with van der Waals surface area (Å²) in [6.45, 7) is 5.24. The molecule has 1 aromatic rings. The number of nitrogens with one attached hydrogen (secondary N) is 2. The maximum atomic E-state index is 11.4. The Balaban J connectivity index is 2.37. The van der Waals surface area contributed by atoms with E-state index in [9.17, 15) is 9.90 Å². The zero-order valence-corrected chi connectivity index (χ0v) is 13.0. The van der Waals surface area contributed by atoms with Gasteiger partial charge in [0, 0.05) is 24.6 Å². The van der Waals surface area contributed by atoms with E-state index in [2.05, 4.69) is 13.8 Å². The first-order valence-electron chi connectivity index (χ1n) is 7.52. The highest BCUT2D eigenvalue weighted by molar-refractivity contribution is 5.95. The highest BCUT2D eigenvalue weighted by atomic mass is 16.5. The van der Waals surface area contributed by atoms with E-state index in [4.69, 9.17) is 10.6 Å². The molecule has 1 aliphatic heterocycles. The Hall–Kier alpha value is -2.08. The standard InChI is InChI=1S/C16H23N3O3/c1-10(2)7-13-9-19(16(20)21)6-5-11-8-12(15(17)18-22)3-4-14(11)13/h3-4,8,10,13,22H,5-7,9H2,1-2H3,(H2,17,18)(H,20,21). The lowest BCUT2D eigenvalue weighted by Crippen LogP contribution is -2.33. The van der Waals surface area contributed by atoms with Crippen molar-refractivity contribution in [2.24, 2.45) is 5.92 Å². The van der Waals surface area contributed by atoms with Gasteiger partial charge < -0.3 is 10.0 Å². The maximum Gasteiger partial charge on any atom is 0.407 e. The normalized spacial score (nSPS) is 17.8. The van der Waals surface area contributed by atoms with Crippen molar-refractivity contribution in [2.45, 2.75) is 32.6 Å². The number of carbonyl (C=O) groups is 1. The van der Waals surface area contributed by atoms with Gasteiger partial charge in [-0.2, -0.15) is 0 Å². The van der Waals surface area contributed by atoms with E-state index in [1.54, 1.807) is 6.07 Å². The third-order valence-electron chi connectivity index (χ3n) is 4.10. The molecule has 0 aromatic heterocycles. The lowest BCUT2D eigenvalue weighted by atomic mass is 9.86. The van der Waals surface area contributed by atoms with Crippen LogP contribution in [0, 0.1) is 11.3 Å². The zero-order valence-electron chi connectivity index (χ0n) is 13.0. The van der Waals surface area contributed by atoms with Gasteiger partial charge in [-0.15, -0.1) is 0 Å². The van der Waals surface area contributed by atoms with Gasteiger partial charge in [-0.05, 0) is 36.0 Å². The van der Waals surface area contributed by atoms with E-state index in [0.717, 1.165) is 17.5 Å². The average Bonchev–Trinajstić information content (AvgIpc) is 2.65. The lowest BCUT2D eigenvalue weighted by molar-refractivity contribution is 0.142. The summed E-state index contributed by atoms with van der Waals surface area (Å²) in [4.78, 5) is 12.8. The average molecular weight is 305 g/mol. The number of benzene rings is 1. The first kappa shape index (κ1) is 16.3. The molecule has 2 rings (SSSR count). The van der Waals surface area contributed by atoms with E-state index in [1.165, 1.54) is 4.90 Å². The molecule has 1 aliphatic rings. The molecule has 0 saturated carbocycles. The van der Waals surface area contributed by atoms with Crippen molar-refractivity contribution in [2.75, 3.05) is 13.1 Å². The Labute approximate surface area is 130 Å². The quantitative estimate of drug-likeness (QED) is 0.392. The zero-order chi connectivity index (χ0) is 16.3. The van der Waals surface area contributed by atoms with Crippen LogP contribution in [0.2, 0.25) is 0 Å². The fourth-order valence-corrected chi connectivity index (χ4v) is 3.10. The van der Waals surface area contributed by atoms with Crippen LogP contribution in [-0.2, 0) is 6.42 Å². The molecule has 1 unspecified atom stereocenters. The van der Waals surface area contributed by atoms with Gasteiger partial charge in [0.2, 0.25) is 0 Å². The number of hydrogen-bond acceptors (Lipinski definition) is 3. The number of carboxylic acid groups (broad SMARTS) is 1. The molecule has 1 heterocycles. The van der Waals surface area contributed by atoms with Gasteiger partial charge in [0.05, 0.1) is 0 Å². The summed E-state index contributed by atoms with van der Waals surface area (Å²) in [7, 11) is 0. The van der Waals surface area contributed by atoms with Crippen LogP contribution in [0.15, 0.2) is 18.2 Å². The van der Waals surface area contributed by atoms with Gasteiger partial charge >= 0.3 is 6.09 Å². The second-order valence-corrected chi connectivity index (χ2v) is 6.21. The highest BCUT2D eigenvalue weighted by Crippen LogP contribution is 2.31. The van der Waals surface area contributed by atoms with Crippen LogP contribution in [0.25, 0.3) is 0 Å². The predicted molar refractivity (Wildman–Crippen MR) is 83.7 cm³/mol. The second-order valence-electron chi connectivity index (χ2n) is 6.21. The lowest BCUT2D eigenvalue weighted by Gasteiger charge is -2.24. The molecular formula is C16H23N3O3. The number of rotatable bonds is 3. The van der Waals surface area contributed by atoms with Crippen molar-refractivity contribution in [1.29, 1.82) is 5.41 Å². The van der Waals surface area contributed by atoms with Crippen molar-refractivity contribution < 1.29 is 15.1 Å². The number of nitrogens with zero attached hydrogens (tertiary/aromatic N) is 1. The largest absolute Gasteiger partial charge is 0.465 e. The van der Waals surface area contributed by atoms with Crippen molar-refractivity contribution in [3.63, 3.8) is 0 Å². The Morgan fingerprint density at radius 1 is 1.50 bits per heavy atom. The summed E-state index contributed by atoms with van der Waals surface area (Å²) < 4.78 is 0. The molecule has 1 aromatic carbocycles. The number of amidine groups is 1. The number of amides is 1. The maximum absolute atomic E-state index is 11.4. The molecule has 0 fully saturated rings. The number of hydroxylamine groups is 1. The molecule has 1 atom stereocenters. The summed E-state index contributed by atoms with van der Waals surface area (Å²) in [5.74, 6) is 0.588. The molecule has 22 heavy (non-hydrogen) atoms. The van der Waals surface area contributed by atoms with Crippen LogP contribution in [0.3, 0.4) is 0 Å². The minimum absolute atomic E-state index is 0.0532. The summed E-state index contributed by atoms with van der Waals surface area (Å²) >= 11 is 0.